The second kappa shape index (κ2) is 8.46. The largest absolute Gasteiger partial charge is 0.348 e. The van der Waals surface area contributed by atoms with Gasteiger partial charge in [0.15, 0.2) is 0 Å². The smallest absolute Gasteiger partial charge is 0.261 e. The topological polar surface area (TPSA) is 75.3 Å². The molecule has 3 aromatic carbocycles. The Bertz CT molecular complexity index is 1080. The fraction of sp³-hybridized carbons (Fsp3) is 0.0952. The Morgan fingerprint density at radius 2 is 1.64 bits per heavy atom. The van der Waals surface area contributed by atoms with Gasteiger partial charge in [-0.05, 0) is 60.5 Å². The Morgan fingerprint density at radius 1 is 0.964 bits per heavy atom. The van der Waals surface area contributed by atoms with E-state index in [0.29, 0.717) is 28.4 Å². The number of benzene rings is 3. The van der Waals surface area contributed by atoms with E-state index in [1.807, 2.05) is 12.1 Å². The summed E-state index contributed by atoms with van der Waals surface area (Å²) in [7, 11) is -3.68. The van der Waals surface area contributed by atoms with Crippen LogP contribution in [0.2, 0.25) is 5.02 Å². The number of carbonyl (C=O) groups excluding carboxylic acids is 1. The fourth-order valence-corrected chi connectivity index (χ4v) is 3.89. The van der Waals surface area contributed by atoms with E-state index in [4.69, 9.17) is 11.6 Å². The molecule has 0 bridgehead atoms. The maximum atomic E-state index is 12.5. The van der Waals surface area contributed by atoms with Gasteiger partial charge in [0.1, 0.15) is 0 Å². The van der Waals surface area contributed by atoms with Gasteiger partial charge >= 0.3 is 0 Å². The zero-order valence-electron chi connectivity index (χ0n) is 15.1. The van der Waals surface area contributed by atoms with Gasteiger partial charge in [-0.2, -0.15) is 0 Å². The highest BCUT2D eigenvalue weighted by Crippen LogP contribution is 2.21. The molecule has 28 heavy (non-hydrogen) atoms. The van der Waals surface area contributed by atoms with Crippen molar-refractivity contribution in [3.05, 3.63) is 94.5 Å². The minimum absolute atomic E-state index is 0.180. The number of hydrogen-bond donors (Lipinski definition) is 2. The van der Waals surface area contributed by atoms with Gasteiger partial charge in [-0.3, -0.25) is 9.52 Å². The first-order chi connectivity index (χ1) is 13.3. The highest BCUT2D eigenvalue weighted by Gasteiger charge is 2.15. The van der Waals surface area contributed by atoms with Gasteiger partial charge in [-0.15, -0.1) is 0 Å². The summed E-state index contributed by atoms with van der Waals surface area (Å²) >= 11 is 5.85. The Hall–Kier alpha value is -2.83. The normalized spacial score (nSPS) is 11.1. The van der Waals surface area contributed by atoms with Gasteiger partial charge in [0.2, 0.25) is 0 Å². The lowest BCUT2D eigenvalue weighted by atomic mass is 10.1. The lowest BCUT2D eigenvalue weighted by molar-refractivity contribution is 0.0951. The molecule has 0 aliphatic carbocycles. The summed E-state index contributed by atoms with van der Waals surface area (Å²) in [6.07, 6.45) is 0. The third-order valence-electron chi connectivity index (χ3n) is 4.15. The van der Waals surface area contributed by atoms with Crippen LogP contribution in [-0.4, -0.2) is 14.3 Å². The van der Waals surface area contributed by atoms with E-state index in [1.54, 1.807) is 55.5 Å². The molecule has 2 N–H and O–H groups in total. The molecule has 0 saturated heterocycles. The molecule has 0 radical (unpaired) electrons. The first-order valence-electron chi connectivity index (χ1n) is 8.56. The monoisotopic (exact) mass is 414 g/mol. The van der Waals surface area contributed by atoms with E-state index in [1.165, 1.54) is 12.1 Å². The molecular weight excluding hydrogens is 396 g/mol. The molecule has 0 fully saturated rings. The maximum Gasteiger partial charge on any atom is 0.261 e. The third-order valence-corrected chi connectivity index (χ3v) is 5.79. The van der Waals surface area contributed by atoms with Crippen molar-refractivity contribution in [2.24, 2.45) is 0 Å². The fourth-order valence-electron chi connectivity index (χ4n) is 2.61. The highest BCUT2D eigenvalue weighted by molar-refractivity contribution is 7.92. The number of carbonyl (C=O) groups is 1. The summed E-state index contributed by atoms with van der Waals surface area (Å²) in [6, 6.07) is 20.2. The van der Waals surface area contributed by atoms with Gasteiger partial charge < -0.3 is 5.32 Å². The standard InChI is InChI=1S/C21H19ClN2O3S/c1-15-13-17(21(25)23-14-16-7-10-18(22)11-8-16)9-12-20(15)24-28(26,27)19-5-3-2-4-6-19/h2-13,24H,14H2,1H3,(H,23,25). The number of halogens is 1. The van der Waals surface area contributed by atoms with Crippen LogP contribution in [0.5, 0.6) is 0 Å². The van der Waals surface area contributed by atoms with Gasteiger partial charge in [0, 0.05) is 17.1 Å². The van der Waals surface area contributed by atoms with Crippen LogP contribution in [0.1, 0.15) is 21.5 Å². The van der Waals surface area contributed by atoms with Crippen LogP contribution in [0.15, 0.2) is 77.7 Å². The van der Waals surface area contributed by atoms with Crippen LogP contribution in [0.25, 0.3) is 0 Å². The molecule has 0 aliphatic rings. The van der Waals surface area contributed by atoms with E-state index in [-0.39, 0.29) is 10.8 Å². The second-order valence-electron chi connectivity index (χ2n) is 6.26. The van der Waals surface area contributed by atoms with Crippen molar-refractivity contribution in [2.45, 2.75) is 18.4 Å². The molecule has 0 unspecified atom stereocenters. The van der Waals surface area contributed by atoms with Crippen molar-refractivity contribution in [2.75, 3.05) is 4.72 Å². The van der Waals surface area contributed by atoms with Crippen LogP contribution in [0, 0.1) is 6.92 Å². The van der Waals surface area contributed by atoms with Gasteiger partial charge in [-0.1, -0.05) is 41.9 Å². The molecule has 5 nitrogen and oxygen atoms in total. The highest BCUT2D eigenvalue weighted by atomic mass is 35.5. The second-order valence-corrected chi connectivity index (χ2v) is 8.38. The van der Waals surface area contributed by atoms with Crippen molar-refractivity contribution in [1.29, 1.82) is 0 Å². The van der Waals surface area contributed by atoms with Crippen molar-refractivity contribution in [3.8, 4) is 0 Å². The molecule has 0 aromatic heterocycles. The third kappa shape index (κ3) is 4.91. The lowest BCUT2D eigenvalue weighted by Crippen LogP contribution is -2.23. The Labute approximate surface area is 169 Å². The number of sulfonamides is 1. The van der Waals surface area contributed by atoms with Crippen LogP contribution in [0.4, 0.5) is 5.69 Å². The average Bonchev–Trinajstić information content (AvgIpc) is 2.69. The number of amides is 1. The van der Waals surface area contributed by atoms with Crippen molar-refractivity contribution < 1.29 is 13.2 Å². The number of anilines is 1. The molecule has 7 heteroatoms. The minimum atomic E-state index is -3.68. The molecule has 0 atom stereocenters. The number of rotatable bonds is 6. The van der Waals surface area contributed by atoms with E-state index >= 15 is 0 Å². The van der Waals surface area contributed by atoms with Gasteiger partial charge in [0.25, 0.3) is 15.9 Å². The summed E-state index contributed by atoms with van der Waals surface area (Å²) < 4.78 is 27.5. The zero-order chi connectivity index (χ0) is 20.1. The molecule has 3 rings (SSSR count). The average molecular weight is 415 g/mol. The van der Waals surface area contributed by atoms with Crippen LogP contribution in [-0.2, 0) is 16.6 Å². The molecule has 0 heterocycles. The molecule has 0 aliphatic heterocycles. The molecule has 3 aromatic rings. The first kappa shape index (κ1) is 19.9. The van der Waals surface area contributed by atoms with Crippen LogP contribution >= 0.6 is 11.6 Å². The predicted molar refractivity (Wildman–Crippen MR) is 111 cm³/mol. The van der Waals surface area contributed by atoms with Gasteiger partial charge in [-0.25, -0.2) is 8.42 Å². The molecule has 0 spiro atoms. The number of nitrogens with one attached hydrogen (secondary N) is 2. The van der Waals surface area contributed by atoms with E-state index in [0.717, 1.165) is 5.56 Å². The molecular formula is C21H19ClN2O3S. The molecule has 0 saturated carbocycles. The summed E-state index contributed by atoms with van der Waals surface area (Å²) in [4.78, 5) is 12.6. The van der Waals surface area contributed by atoms with E-state index < -0.39 is 10.0 Å². The Kier molecular flexibility index (Phi) is 6.02. The van der Waals surface area contributed by atoms with Crippen LogP contribution in [0.3, 0.4) is 0 Å². The van der Waals surface area contributed by atoms with E-state index in [2.05, 4.69) is 10.0 Å². The van der Waals surface area contributed by atoms with E-state index in [9.17, 15) is 13.2 Å². The zero-order valence-corrected chi connectivity index (χ0v) is 16.7. The van der Waals surface area contributed by atoms with Crippen LogP contribution < -0.4 is 10.0 Å². The summed E-state index contributed by atoms with van der Waals surface area (Å²) in [5, 5.41) is 3.47. The first-order valence-corrected chi connectivity index (χ1v) is 10.4. The predicted octanol–water partition coefficient (Wildman–Crippen LogP) is 4.38. The number of aryl methyl sites for hydroxylation is 1. The van der Waals surface area contributed by atoms with Crippen molar-refractivity contribution >= 4 is 33.2 Å². The summed E-state index contributed by atoms with van der Waals surface area (Å²) in [6.45, 7) is 2.12. The minimum Gasteiger partial charge on any atom is -0.348 e. The lowest BCUT2D eigenvalue weighted by Gasteiger charge is -2.12. The summed E-state index contributed by atoms with van der Waals surface area (Å²) in [5.74, 6) is -0.240. The SMILES string of the molecule is Cc1cc(C(=O)NCc2ccc(Cl)cc2)ccc1NS(=O)(=O)c1ccccc1. The van der Waals surface area contributed by atoms with Gasteiger partial charge in [0.05, 0.1) is 10.6 Å². The maximum absolute atomic E-state index is 12.5. The van der Waals surface area contributed by atoms with Crippen molar-refractivity contribution in [1.82, 2.24) is 5.32 Å². The molecule has 144 valence electrons. The Balaban J connectivity index is 1.69. The Morgan fingerprint density at radius 3 is 2.29 bits per heavy atom. The summed E-state index contributed by atoms with van der Waals surface area (Å²) in [5.41, 5.74) is 2.47. The quantitative estimate of drug-likeness (QED) is 0.628. The van der Waals surface area contributed by atoms with Crippen molar-refractivity contribution in [3.63, 3.8) is 0 Å². The number of hydrogen-bond acceptors (Lipinski definition) is 3. The molecule has 1 amide bonds.